The third-order valence-electron chi connectivity index (χ3n) is 3.76. The summed E-state index contributed by atoms with van der Waals surface area (Å²) in [7, 11) is 0. The molecule has 0 aliphatic rings. The molecule has 0 spiro atoms. The largest absolute Gasteiger partial charge is 0.490 e. The van der Waals surface area contributed by atoms with Crippen molar-refractivity contribution in [2.45, 2.75) is 20.3 Å². The van der Waals surface area contributed by atoms with Crippen LogP contribution in [0.15, 0.2) is 46.9 Å². The van der Waals surface area contributed by atoms with Crippen LogP contribution in [0.4, 0.5) is 5.13 Å². The fraction of sp³-hybridized carbons (Fsp3) is 0.250. The summed E-state index contributed by atoms with van der Waals surface area (Å²) in [6.45, 7) is 4.87. The summed E-state index contributed by atoms with van der Waals surface area (Å²) in [5.74, 6) is 1.10. The molecule has 0 aliphatic heterocycles. The molecule has 1 amide bonds. The van der Waals surface area contributed by atoms with Gasteiger partial charge in [0, 0.05) is 10.0 Å². The van der Waals surface area contributed by atoms with Crippen molar-refractivity contribution < 1.29 is 14.3 Å². The quantitative estimate of drug-likeness (QED) is 0.513. The van der Waals surface area contributed by atoms with E-state index in [2.05, 4.69) is 31.4 Å². The van der Waals surface area contributed by atoms with Gasteiger partial charge in [-0.2, -0.15) is 0 Å². The van der Waals surface area contributed by atoms with Crippen molar-refractivity contribution in [2.75, 3.05) is 18.5 Å². The van der Waals surface area contributed by atoms with E-state index in [1.165, 1.54) is 11.3 Å². The first-order chi connectivity index (χ1) is 13.6. The summed E-state index contributed by atoms with van der Waals surface area (Å²) in [6, 6.07) is 13.4. The van der Waals surface area contributed by atoms with E-state index in [4.69, 9.17) is 9.47 Å². The first-order valence-corrected chi connectivity index (χ1v) is 10.5. The summed E-state index contributed by atoms with van der Waals surface area (Å²) in [5, 5.41) is 12.2. The molecule has 28 heavy (non-hydrogen) atoms. The minimum Gasteiger partial charge on any atom is -0.490 e. The Morgan fingerprint density at radius 1 is 1.07 bits per heavy atom. The second kappa shape index (κ2) is 9.66. The van der Waals surface area contributed by atoms with E-state index < -0.39 is 0 Å². The number of aromatic nitrogens is 2. The molecule has 1 heterocycles. The maximum Gasteiger partial charge on any atom is 0.230 e. The first kappa shape index (κ1) is 20.3. The summed E-state index contributed by atoms with van der Waals surface area (Å²) < 4.78 is 12.0. The number of halogens is 1. The summed E-state index contributed by atoms with van der Waals surface area (Å²) in [5.41, 5.74) is 1.77. The molecule has 1 aromatic heterocycles. The monoisotopic (exact) mass is 461 g/mol. The average Bonchev–Trinajstić information content (AvgIpc) is 3.15. The van der Waals surface area contributed by atoms with E-state index in [0.29, 0.717) is 29.8 Å². The third-order valence-corrected chi connectivity index (χ3v) is 5.38. The van der Waals surface area contributed by atoms with Gasteiger partial charge in [-0.1, -0.05) is 57.6 Å². The lowest BCUT2D eigenvalue weighted by atomic mass is 10.1. The number of hydrogen-bond acceptors (Lipinski definition) is 6. The Hall–Kier alpha value is -2.45. The Morgan fingerprint density at radius 3 is 2.43 bits per heavy atom. The van der Waals surface area contributed by atoms with Crippen LogP contribution >= 0.6 is 27.3 Å². The van der Waals surface area contributed by atoms with Crippen LogP contribution in [0, 0.1) is 0 Å². The highest BCUT2D eigenvalue weighted by Gasteiger charge is 2.15. The number of anilines is 1. The Labute approximate surface area is 176 Å². The molecule has 0 saturated heterocycles. The Bertz CT molecular complexity index is 947. The van der Waals surface area contributed by atoms with Gasteiger partial charge in [-0.3, -0.25) is 4.79 Å². The number of carbonyl (C=O) groups is 1. The maximum absolute atomic E-state index is 12.5. The molecule has 8 heteroatoms. The summed E-state index contributed by atoms with van der Waals surface area (Å²) >= 11 is 4.85. The molecular formula is C20H20BrN3O3S. The van der Waals surface area contributed by atoms with E-state index in [9.17, 15) is 4.79 Å². The molecule has 0 bridgehead atoms. The SMILES string of the molecule is CCOc1cc(Br)c(CC(=O)Nc2nnc(-c3ccccc3)s2)cc1OCC. The van der Waals surface area contributed by atoms with Gasteiger partial charge in [0.1, 0.15) is 5.01 Å². The number of nitrogens with zero attached hydrogens (tertiary/aromatic N) is 2. The second-order valence-electron chi connectivity index (χ2n) is 5.76. The standard InChI is InChI=1S/C20H20BrN3O3S/c1-3-26-16-10-14(15(21)12-17(16)27-4-2)11-18(25)22-20-24-23-19(28-20)13-8-6-5-7-9-13/h5-10,12H,3-4,11H2,1-2H3,(H,22,24,25). The summed E-state index contributed by atoms with van der Waals surface area (Å²) in [6.07, 6.45) is 0.174. The van der Waals surface area contributed by atoms with Crippen molar-refractivity contribution in [2.24, 2.45) is 0 Å². The average molecular weight is 462 g/mol. The van der Waals surface area contributed by atoms with Gasteiger partial charge >= 0.3 is 0 Å². The number of rotatable bonds is 8. The first-order valence-electron chi connectivity index (χ1n) is 8.87. The Morgan fingerprint density at radius 2 is 1.75 bits per heavy atom. The van der Waals surface area contributed by atoms with Crippen LogP contribution in [-0.2, 0) is 11.2 Å². The molecule has 6 nitrogen and oxygen atoms in total. The molecule has 0 radical (unpaired) electrons. The van der Waals surface area contributed by atoms with Crippen LogP contribution in [0.1, 0.15) is 19.4 Å². The maximum atomic E-state index is 12.5. The zero-order valence-corrected chi connectivity index (χ0v) is 18.0. The van der Waals surface area contributed by atoms with Crippen molar-refractivity contribution in [3.8, 4) is 22.1 Å². The van der Waals surface area contributed by atoms with Gasteiger partial charge < -0.3 is 14.8 Å². The van der Waals surface area contributed by atoms with Gasteiger partial charge in [0.2, 0.25) is 11.0 Å². The number of ether oxygens (including phenoxy) is 2. The molecule has 1 N–H and O–H groups in total. The van der Waals surface area contributed by atoms with Crippen LogP contribution in [0.25, 0.3) is 10.6 Å². The molecule has 0 fully saturated rings. The van der Waals surface area contributed by atoms with Crippen LogP contribution in [0.3, 0.4) is 0 Å². The normalized spacial score (nSPS) is 10.5. The second-order valence-corrected chi connectivity index (χ2v) is 7.59. The molecular weight excluding hydrogens is 442 g/mol. The van der Waals surface area contributed by atoms with Gasteiger partial charge in [0.25, 0.3) is 0 Å². The van der Waals surface area contributed by atoms with E-state index in [-0.39, 0.29) is 12.3 Å². The van der Waals surface area contributed by atoms with Crippen LogP contribution < -0.4 is 14.8 Å². The predicted molar refractivity (Wildman–Crippen MR) is 114 cm³/mol. The van der Waals surface area contributed by atoms with E-state index >= 15 is 0 Å². The highest BCUT2D eigenvalue weighted by atomic mass is 79.9. The smallest absolute Gasteiger partial charge is 0.230 e. The van der Waals surface area contributed by atoms with Crippen molar-refractivity contribution in [3.05, 3.63) is 52.5 Å². The number of benzene rings is 2. The van der Waals surface area contributed by atoms with Crippen LogP contribution in [0.5, 0.6) is 11.5 Å². The Kier molecular flexibility index (Phi) is 7.00. The molecule has 2 aromatic carbocycles. The fourth-order valence-corrected chi connectivity index (χ4v) is 3.78. The van der Waals surface area contributed by atoms with Crippen LogP contribution in [0.2, 0.25) is 0 Å². The number of amides is 1. The lowest BCUT2D eigenvalue weighted by molar-refractivity contribution is -0.115. The lowest BCUT2D eigenvalue weighted by Gasteiger charge is -2.14. The van der Waals surface area contributed by atoms with Gasteiger partial charge in [0.15, 0.2) is 11.5 Å². The number of carbonyl (C=O) groups excluding carboxylic acids is 1. The minimum absolute atomic E-state index is 0.174. The third kappa shape index (κ3) is 5.08. The van der Waals surface area contributed by atoms with Gasteiger partial charge in [0.05, 0.1) is 19.6 Å². The molecule has 0 saturated carbocycles. The lowest BCUT2D eigenvalue weighted by Crippen LogP contribution is -2.14. The molecule has 0 unspecified atom stereocenters. The van der Waals surface area contributed by atoms with Gasteiger partial charge in [-0.15, -0.1) is 10.2 Å². The fourth-order valence-electron chi connectivity index (χ4n) is 2.56. The van der Waals surface area contributed by atoms with Crippen molar-refractivity contribution >= 4 is 38.3 Å². The predicted octanol–water partition coefficient (Wildman–Crippen LogP) is 4.95. The minimum atomic E-state index is -0.178. The highest BCUT2D eigenvalue weighted by molar-refractivity contribution is 9.10. The Balaban J connectivity index is 1.71. The topological polar surface area (TPSA) is 73.3 Å². The molecule has 0 atom stereocenters. The number of hydrogen-bond donors (Lipinski definition) is 1. The van der Waals surface area contributed by atoms with Crippen molar-refractivity contribution in [1.82, 2.24) is 10.2 Å². The molecule has 0 aliphatic carbocycles. The van der Waals surface area contributed by atoms with Crippen molar-refractivity contribution in [1.29, 1.82) is 0 Å². The molecule has 3 rings (SSSR count). The van der Waals surface area contributed by atoms with E-state index in [1.807, 2.05) is 56.3 Å². The molecule has 3 aromatic rings. The number of nitrogens with one attached hydrogen (secondary N) is 1. The van der Waals surface area contributed by atoms with Crippen LogP contribution in [-0.4, -0.2) is 29.3 Å². The van der Waals surface area contributed by atoms with Crippen molar-refractivity contribution in [3.63, 3.8) is 0 Å². The van der Waals surface area contributed by atoms with E-state index in [1.54, 1.807) is 0 Å². The van der Waals surface area contributed by atoms with Gasteiger partial charge in [-0.25, -0.2) is 0 Å². The van der Waals surface area contributed by atoms with E-state index in [0.717, 1.165) is 20.6 Å². The van der Waals surface area contributed by atoms with Gasteiger partial charge in [-0.05, 0) is 31.5 Å². The zero-order valence-electron chi connectivity index (χ0n) is 15.6. The summed E-state index contributed by atoms with van der Waals surface area (Å²) in [4.78, 5) is 12.5. The highest BCUT2D eigenvalue weighted by Crippen LogP contribution is 2.34. The molecule has 146 valence electrons. The zero-order chi connectivity index (χ0) is 19.9.